The van der Waals surface area contributed by atoms with Gasteiger partial charge in [0.25, 0.3) is 6.43 Å². The molecule has 0 bridgehead atoms. The van der Waals surface area contributed by atoms with Crippen LogP contribution in [0.25, 0.3) is 11.0 Å². The number of hydrogen-bond donors (Lipinski definition) is 1. The molecular formula is C9H7F2NO. The Kier molecular flexibility index (Phi) is 1.69. The molecular weight excluding hydrogens is 176 g/mol. The number of alkyl halides is 2. The minimum atomic E-state index is -2.52. The van der Waals surface area contributed by atoms with Crippen LogP contribution in [0.3, 0.4) is 0 Å². The molecule has 0 saturated carbocycles. The summed E-state index contributed by atoms with van der Waals surface area (Å²) in [6.07, 6.45) is -1.48. The molecule has 0 spiro atoms. The monoisotopic (exact) mass is 183 g/mol. The molecule has 0 aliphatic heterocycles. The van der Waals surface area contributed by atoms with Crippen molar-refractivity contribution in [2.45, 2.75) is 6.43 Å². The predicted octanol–water partition coefficient (Wildman–Crippen LogP) is 2.95. The molecule has 0 saturated heterocycles. The maximum atomic E-state index is 12.4. The summed E-state index contributed by atoms with van der Waals surface area (Å²) < 4.78 is 29.7. The van der Waals surface area contributed by atoms with Crippen LogP contribution in [0.4, 0.5) is 14.5 Å². The molecule has 2 nitrogen and oxygen atoms in total. The molecule has 13 heavy (non-hydrogen) atoms. The van der Waals surface area contributed by atoms with E-state index in [9.17, 15) is 8.78 Å². The number of benzene rings is 1. The number of halogens is 2. The highest BCUT2D eigenvalue weighted by atomic mass is 19.3. The molecule has 1 heterocycles. The quantitative estimate of drug-likeness (QED) is 0.690. The first-order valence-corrected chi connectivity index (χ1v) is 3.74. The molecule has 2 aromatic rings. The van der Waals surface area contributed by atoms with Crippen LogP contribution in [-0.4, -0.2) is 0 Å². The average molecular weight is 183 g/mol. The summed E-state index contributed by atoms with van der Waals surface area (Å²) in [6.45, 7) is 0. The molecule has 0 aliphatic rings. The normalized spacial score (nSPS) is 11.3. The largest absolute Gasteiger partial charge is 0.462 e. The van der Waals surface area contributed by atoms with Crippen LogP contribution < -0.4 is 5.73 Å². The van der Waals surface area contributed by atoms with Gasteiger partial charge in [-0.15, -0.1) is 0 Å². The molecule has 0 unspecified atom stereocenters. The highest BCUT2D eigenvalue weighted by Gasteiger charge is 2.15. The summed E-state index contributed by atoms with van der Waals surface area (Å²) in [4.78, 5) is 0. The lowest BCUT2D eigenvalue weighted by molar-refractivity contribution is 0.152. The Hall–Kier alpha value is -1.58. The molecule has 0 radical (unpaired) electrons. The van der Waals surface area contributed by atoms with Crippen LogP contribution in [0.2, 0.25) is 0 Å². The Morgan fingerprint density at radius 3 is 2.77 bits per heavy atom. The first-order chi connectivity index (χ1) is 6.20. The predicted molar refractivity (Wildman–Crippen MR) is 45.6 cm³/mol. The van der Waals surface area contributed by atoms with Crippen LogP contribution in [0.15, 0.2) is 28.9 Å². The van der Waals surface area contributed by atoms with Gasteiger partial charge in [0, 0.05) is 5.39 Å². The third kappa shape index (κ3) is 1.14. The average Bonchev–Trinajstić information content (AvgIpc) is 2.48. The standard InChI is InChI=1S/C9H7F2NO/c10-9(11)6-4-13-8-5(6)2-1-3-7(8)12/h1-4,9H,12H2. The molecule has 0 atom stereocenters. The Bertz CT molecular complexity index is 436. The van der Waals surface area contributed by atoms with Gasteiger partial charge in [0.15, 0.2) is 5.58 Å². The first kappa shape index (κ1) is 8.04. The van der Waals surface area contributed by atoms with Gasteiger partial charge in [0.05, 0.1) is 11.3 Å². The fourth-order valence-electron chi connectivity index (χ4n) is 1.27. The van der Waals surface area contributed by atoms with Gasteiger partial charge in [-0.05, 0) is 6.07 Å². The third-order valence-corrected chi connectivity index (χ3v) is 1.90. The fourth-order valence-corrected chi connectivity index (χ4v) is 1.27. The highest BCUT2D eigenvalue weighted by Crippen LogP contribution is 2.31. The molecule has 2 N–H and O–H groups in total. The third-order valence-electron chi connectivity index (χ3n) is 1.90. The van der Waals surface area contributed by atoms with Crippen molar-refractivity contribution >= 4 is 16.7 Å². The van der Waals surface area contributed by atoms with Crippen molar-refractivity contribution in [1.82, 2.24) is 0 Å². The highest BCUT2D eigenvalue weighted by molar-refractivity contribution is 5.90. The second kappa shape index (κ2) is 2.73. The van der Waals surface area contributed by atoms with Crippen molar-refractivity contribution in [1.29, 1.82) is 0 Å². The van der Waals surface area contributed by atoms with Gasteiger partial charge < -0.3 is 10.2 Å². The van der Waals surface area contributed by atoms with E-state index in [0.717, 1.165) is 6.26 Å². The number of para-hydroxylation sites is 1. The molecule has 4 heteroatoms. The lowest BCUT2D eigenvalue weighted by atomic mass is 10.1. The summed E-state index contributed by atoms with van der Waals surface area (Å²) in [5, 5.41) is 0.384. The fraction of sp³-hybridized carbons (Fsp3) is 0.111. The van der Waals surface area contributed by atoms with E-state index in [0.29, 0.717) is 16.7 Å². The van der Waals surface area contributed by atoms with Crippen molar-refractivity contribution in [2.24, 2.45) is 0 Å². The van der Waals surface area contributed by atoms with E-state index in [-0.39, 0.29) is 5.56 Å². The van der Waals surface area contributed by atoms with Gasteiger partial charge in [-0.3, -0.25) is 0 Å². The molecule has 1 aromatic heterocycles. The van der Waals surface area contributed by atoms with E-state index < -0.39 is 6.43 Å². The molecule has 68 valence electrons. The van der Waals surface area contributed by atoms with Gasteiger partial charge in [-0.25, -0.2) is 8.78 Å². The van der Waals surface area contributed by atoms with E-state index in [1.165, 1.54) is 0 Å². The van der Waals surface area contributed by atoms with Gasteiger partial charge in [0.1, 0.15) is 6.26 Å². The maximum Gasteiger partial charge on any atom is 0.267 e. The number of hydrogen-bond acceptors (Lipinski definition) is 2. The number of anilines is 1. The molecule has 2 rings (SSSR count). The van der Waals surface area contributed by atoms with Crippen molar-refractivity contribution in [3.05, 3.63) is 30.0 Å². The zero-order valence-electron chi connectivity index (χ0n) is 6.63. The van der Waals surface area contributed by atoms with Crippen molar-refractivity contribution in [2.75, 3.05) is 5.73 Å². The van der Waals surface area contributed by atoms with E-state index in [1.54, 1.807) is 18.2 Å². The zero-order chi connectivity index (χ0) is 9.42. The van der Waals surface area contributed by atoms with Crippen LogP contribution in [0.1, 0.15) is 12.0 Å². The van der Waals surface area contributed by atoms with Gasteiger partial charge in [-0.2, -0.15) is 0 Å². The summed E-state index contributed by atoms with van der Waals surface area (Å²) in [7, 11) is 0. The van der Waals surface area contributed by atoms with Crippen molar-refractivity contribution in [3.63, 3.8) is 0 Å². The molecule has 1 aromatic carbocycles. The second-order valence-corrected chi connectivity index (χ2v) is 2.72. The number of fused-ring (bicyclic) bond motifs is 1. The van der Waals surface area contributed by atoms with E-state index >= 15 is 0 Å². The van der Waals surface area contributed by atoms with E-state index in [1.807, 2.05) is 0 Å². The topological polar surface area (TPSA) is 39.2 Å². The number of nitrogens with two attached hydrogens (primary N) is 1. The minimum absolute atomic E-state index is 0.109. The second-order valence-electron chi connectivity index (χ2n) is 2.72. The Morgan fingerprint density at radius 2 is 2.08 bits per heavy atom. The zero-order valence-corrected chi connectivity index (χ0v) is 6.63. The van der Waals surface area contributed by atoms with Crippen LogP contribution in [0.5, 0.6) is 0 Å². The molecule has 0 fully saturated rings. The van der Waals surface area contributed by atoms with E-state index in [4.69, 9.17) is 10.2 Å². The lowest BCUT2D eigenvalue weighted by Crippen LogP contribution is -1.85. The van der Waals surface area contributed by atoms with Crippen molar-refractivity contribution < 1.29 is 13.2 Å². The maximum absolute atomic E-state index is 12.4. The first-order valence-electron chi connectivity index (χ1n) is 3.74. The lowest BCUT2D eigenvalue weighted by Gasteiger charge is -1.95. The molecule has 0 aliphatic carbocycles. The summed E-state index contributed by atoms with van der Waals surface area (Å²) in [5.41, 5.74) is 6.13. The van der Waals surface area contributed by atoms with Crippen LogP contribution >= 0.6 is 0 Å². The number of rotatable bonds is 1. The Balaban J connectivity index is 2.75. The van der Waals surface area contributed by atoms with Gasteiger partial charge >= 0.3 is 0 Å². The van der Waals surface area contributed by atoms with Gasteiger partial charge in [0.2, 0.25) is 0 Å². The van der Waals surface area contributed by atoms with Crippen LogP contribution in [-0.2, 0) is 0 Å². The summed E-state index contributed by atoms with van der Waals surface area (Å²) in [5.74, 6) is 0. The summed E-state index contributed by atoms with van der Waals surface area (Å²) >= 11 is 0. The van der Waals surface area contributed by atoms with Crippen LogP contribution in [0, 0.1) is 0 Å². The molecule has 0 amide bonds. The number of nitrogen functional groups attached to an aromatic ring is 1. The smallest absolute Gasteiger partial charge is 0.267 e. The summed E-state index contributed by atoms with van der Waals surface area (Å²) in [6, 6.07) is 4.80. The SMILES string of the molecule is Nc1cccc2c(C(F)F)coc12. The number of furan rings is 1. The Morgan fingerprint density at radius 1 is 1.31 bits per heavy atom. The van der Waals surface area contributed by atoms with Gasteiger partial charge in [-0.1, -0.05) is 12.1 Å². The van der Waals surface area contributed by atoms with E-state index in [2.05, 4.69) is 0 Å². The van der Waals surface area contributed by atoms with Crippen molar-refractivity contribution in [3.8, 4) is 0 Å². The minimum Gasteiger partial charge on any atom is -0.462 e. The Labute approximate surface area is 72.9 Å².